The van der Waals surface area contributed by atoms with Gasteiger partial charge in [-0.05, 0) is 38.2 Å². The van der Waals surface area contributed by atoms with Crippen LogP contribution < -0.4 is 5.32 Å². The molecule has 2 aromatic carbocycles. The van der Waals surface area contributed by atoms with Gasteiger partial charge in [0.2, 0.25) is 5.91 Å². The Kier molecular flexibility index (Phi) is 5.69. The number of nitrogens with zero attached hydrogens (tertiary/aromatic N) is 1. The highest BCUT2D eigenvalue weighted by molar-refractivity contribution is 6.31. The maximum Gasteiger partial charge on any atom is 0.241 e. The zero-order valence-electron chi connectivity index (χ0n) is 12.8. The molecule has 3 nitrogen and oxygen atoms in total. The predicted molar refractivity (Wildman–Crippen MR) is 87.4 cm³/mol. The van der Waals surface area contributed by atoms with Gasteiger partial charge in [-0.1, -0.05) is 29.8 Å². The molecule has 0 aromatic heterocycles. The molecule has 1 N–H and O–H groups in total. The van der Waals surface area contributed by atoms with Crippen molar-refractivity contribution in [3.8, 4) is 0 Å². The van der Waals surface area contributed by atoms with Crippen LogP contribution in [0.25, 0.3) is 0 Å². The smallest absolute Gasteiger partial charge is 0.241 e. The number of halogens is 3. The molecule has 0 aliphatic carbocycles. The van der Waals surface area contributed by atoms with Crippen LogP contribution in [0, 0.1) is 11.6 Å². The summed E-state index contributed by atoms with van der Waals surface area (Å²) in [6.07, 6.45) is 0. The van der Waals surface area contributed by atoms with E-state index in [1.165, 1.54) is 24.3 Å². The number of anilines is 1. The van der Waals surface area contributed by atoms with Gasteiger partial charge in [-0.2, -0.15) is 0 Å². The Morgan fingerprint density at radius 2 is 1.91 bits per heavy atom. The minimum absolute atomic E-state index is 0.0600. The summed E-state index contributed by atoms with van der Waals surface area (Å²) in [6.45, 7) is 2.01. The summed E-state index contributed by atoms with van der Waals surface area (Å²) in [5, 5.41) is 2.61. The maximum atomic E-state index is 13.7. The summed E-state index contributed by atoms with van der Waals surface area (Å²) < 4.78 is 26.8. The number of nitrogens with one attached hydrogen (secondary N) is 1. The molecule has 1 unspecified atom stereocenters. The lowest BCUT2D eigenvalue weighted by molar-refractivity contribution is -0.120. The number of benzene rings is 2. The Labute approximate surface area is 138 Å². The van der Waals surface area contributed by atoms with E-state index in [-0.39, 0.29) is 16.7 Å². The largest absolute Gasteiger partial charge is 0.325 e. The molecule has 0 radical (unpaired) electrons. The third kappa shape index (κ3) is 4.50. The van der Waals surface area contributed by atoms with Gasteiger partial charge < -0.3 is 5.32 Å². The van der Waals surface area contributed by atoms with E-state index in [2.05, 4.69) is 5.32 Å². The average Bonchev–Trinajstić information content (AvgIpc) is 2.52. The van der Waals surface area contributed by atoms with Gasteiger partial charge in [0, 0.05) is 17.8 Å². The van der Waals surface area contributed by atoms with Gasteiger partial charge in [0.05, 0.1) is 11.1 Å². The van der Waals surface area contributed by atoms with Crippen LogP contribution in [-0.4, -0.2) is 23.9 Å². The van der Waals surface area contributed by atoms with Crippen molar-refractivity contribution in [1.29, 1.82) is 0 Å². The van der Waals surface area contributed by atoms with Gasteiger partial charge in [-0.3, -0.25) is 9.69 Å². The van der Waals surface area contributed by atoms with E-state index in [1.807, 2.05) is 0 Å². The summed E-state index contributed by atoms with van der Waals surface area (Å²) in [5.74, 6) is -1.14. The SMILES string of the molecule is CC(C(=O)Nc1ccc(F)c(Cl)c1)N(C)Cc1ccccc1F. The second-order valence-corrected chi connectivity index (χ2v) is 5.71. The Morgan fingerprint density at radius 1 is 1.22 bits per heavy atom. The maximum absolute atomic E-state index is 13.7. The normalized spacial score (nSPS) is 12.3. The molecule has 0 heterocycles. The van der Waals surface area contributed by atoms with Crippen molar-refractivity contribution in [2.24, 2.45) is 0 Å². The molecule has 2 aromatic rings. The van der Waals surface area contributed by atoms with Crippen molar-refractivity contribution in [2.75, 3.05) is 12.4 Å². The van der Waals surface area contributed by atoms with Gasteiger partial charge in [0.15, 0.2) is 0 Å². The van der Waals surface area contributed by atoms with Crippen molar-refractivity contribution < 1.29 is 13.6 Å². The minimum Gasteiger partial charge on any atom is -0.325 e. The first-order valence-electron chi connectivity index (χ1n) is 7.08. The van der Waals surface area contributed by atoms with E-state index >= 15 is 0 Å². The van der Waals surface area contributed by atoms with Crippen LogP contribution in [0.4, 0.5) is 14.5 Å². The summed E-state index contributed by atoms with van der Waals surface area (Å²) in [4.78, 5) is 14.0. The molecule has 0 aliphatic rings. The van der Waals surface area contributed by atoms with E-state index < -0.39 is 11.9 Å². The van der Waals surface area contributed by atoms with E-state index in [9.17, 15) is 13.6 Å². The third-order valence-corrected chi connectivity index (χ3v) is 3.89. The fourth-order valence-electron chi connectivity index (χ4n) is 2.05. The molecule has 1 amide bonds. The third-order valence-electron chi connectivity index (χ3n) is 3.61. The number of likely N-dealkylation sites (N-methyl/N-ethyl adjacent to an activating group) is 1. The quantitative estimate of drug-likeness (QED) is 0.891. The standard InChI is InChI=1S/C17H17ClF2N2O/c1-11(22(2)10-12-5-3-4-6-15(12)19)17(23)21-13-7-8-16(20)14(18)9-13/h3-9,11H,10H2,1-2H3,(H,21,23). The van der Waals surface area contributed by atoms with E-state index in [1.54, 1.807) is 37.1 Å². The number of hydrogen-bond acceptors (Lipinski definition) is 2. The lowest BCUT2D eigenvalue weighted by atomic mass is 10.1. The van der Waals surface area contributed by atoms with Crippen LogP contribution in [0.2, 0.25) is 5.02 Å². The van der Waals surface area contributed by atoms with Crippen LogP contribution in [0.3, 0.4) is 0 Å². The number of carbonyl (C=O) groups is 1. The topological polar surface area (TPSA) is 32.3 Å². The van der Waals surface area contributed by atoms with Crippen LogP contribution in [-0.2, 0) is 11.3 Å². The Morgan fingerprint density at radius 3 is 2.57 bits per heavy atom. The van der Waals surface area contributed by atoms with E-state index in [0.29, 0.717) is 17.8 Å². The average molecular weight is 339 g/mol. The van der Waals surface area contributed by atoms with Crippen molar-refractivity contribution in [1.82, 2.24) is 4.90 Å². The predicted octanol–water partition coefficient (Wildman–Crippen LogP) is 4.08. The van der Waals surface area contributed by atoms with Gasteiger partial charge in [-0.25, -0.2) is 8.78 Å². The molecule has 2 rings (SSSR count). The summed E-state index contributed by atoms with van der Waals surface area (Å²) >= 11 is 5.69. The number of amides is 1. The van der Waals surface area contributed by atoms with E-state index in [4.69, 9.17) is 11.6 Å². The highest BCUT2D eigenvalue weighted by Gasteiger charge is 2.19. The lowest BCUT2D eigenvalue weighted by Crippen LogP contribution is -2.39. The summed E-state index contributed by atoms with van der Waals surface area (Å²) in [5.41, 5.74) is 0.923. The van der Waals surface area contributed by atoms with Gasteiger partial charge in [0.1, 0.15) is 11.6 Å². The Hall–Kier alpha value is -1.98. The molecular formula is C17H17ClF2N2O. The van der Waals surface area contributed by atoms with Crippen LogP contribution in [0.15, 0.2) is 42.5 Å². The Bertz CT molecular complexity index is 709. The van der Waals surface area contributed by atoms with Crippen molar-refractivity contribution in [3.63, 3.8) is 0 Å². The van der Waals surface area contributed by atoms with Gasteiger partial charge in [-0.15, -0.1) is 0 Å². The molecule has 0 aliphatic heterocycles. The molecule has 0 saturated heterocycles. The highest BCUT2D eigenvalue weighted by atomic mass is 35.5. The lowest BCUT2D eigenvalue weighted by Gasteiger charge is -2.24. The van der Waals surface area contributed by atoms with Gasteiger partial charge in [0.25, 0.3) is 0 Å². The van der Waals surface area contributed by atoms with E-state index in [0.717, 1.165) is 0 Å². The van der Waals surface area contributed by atoms with Crippen molar-refractivity contribution in [2.45, 2.75) is 19.5 Å². The molecule has 0 saturated carbocycles. The first kappa shape index (κ1) is 17.4. The van der Waals surface area contributed by atoms with Crippen molar-refractivity contribution >= 4 is 23.2 Å². The molecular weight excluding hydrogens is 322 g/mol. The van der Waals surface area contributed by atoms with Crippen LogP contribution >= 0.6 is 11.6 Å². The first-order chi connectivity index (χ1) is 10.9. The fourth-order valence-corrected chi connectivity index (χ4v) is 2.23. The molecule has 23 heavy (non-hydrogen) atoms. The number of rotatable bonds is 5. The number of hydrogen-bond donors (Lipinski definition) is 1. The molecule has 1 atom stereocenters. The molecule has 0 bridgehead atoms. The van der Waals surface area contributed by atoms with Crippen LogP contribution in [0.1, 0.15) is 12.5 Å². The molecule has 0 fully saturated rings. The zero-order valence-corrected chi connectivity index (χ0v) is 13.6. The zero-order chi connectivity index (χ0) is 17.0. The second-order valence-electron chi connectivity index (χ2n) is 5.30. The molecule has 122 valence electrons. The molecule has 6 heteroatoms. The number of carbonyl (C=O) groups excluding carboxylic acids is 1. The second kappa shape index (κ2) is 7.53. The molecule has 0 spiro atoms. The fraction of sp³-hybridized carbons (Fsp3) is 0.235. The monoisotopic (exact) mass is 338 g/mol. The van der Waals surface area contributed by atoms with Crippen LogP contribution in [0.5, 0.6) is 0 Å². The first-order valence-corrected chi connectivity index (χ1v) is 7.46. The summed E-state index contributed by atoms with van der Waals surface area (Å²) in [7, 11) is 1.73. The summed E-state index contributed by atoms with van der Waals surface area (Å²) in [6, 6.07) is 9.89. The van der Waals surface area contributed by atoms with Crippen molar-refractivity contribution in [3.05, 3.63) is 64.7 Å². The minimum atomic E-state index is -0.547. The Balaban J connectivity index is 2.01. The van der Waals surface area contributed by atoms with Gasteiger partial charge >= 0.3 is 0 Å². The highest BCUT2D eigenvalue weighted by Crippen LogP contribution is 2.20.